The second-order valence-electron chi connectivity index (χ2n) is 5.12. The molecule has 3 nitrogen and oxygen atoms in total. The normalized spacial score (nSPS) is 12.0. The van der Waals surface area contributed by atoms with Gasteiger partial charge < -0.3 is 15.2 Å². The predicted molar refractivity (Wildman–Crippen MR) is 85.9 cm³/mol. The number of benzene rings is 2. The van der Waals surface area contributed by atoms with Crippen molar-refractivity contribution in [2.24, 2.45) is 5.73 Å². The smallest absolute Gasteiger partial charge is 0.123 e. The van der Waals surface area contributed by atoms with Crippen molar-refractivity contribution in [2.45, 2.75) is 18.8 Å². The van der Waals surface area contributed by atoms with Gasteiger partial charge in [0.1, 0.15) is 17.3 Å². The average molecular weight is 303 g/mol. The highest BCUT2D eigenvalue weighted by Crippen LogP contribution is 2.29. The van der Waals surface area contributed by atoms with E-state index in [0.29, 0.717) is 18.9 Å². The molecule has 4 heteroatoms. The molecule has 2 aromatic carbocycles. The minimum atomic E-state index is -0.258. The first-order valence-electron chi connectivity index (χ1n) is 7.46. The Bertz CT molecular complexity index is 572. The first-order valence-corrected chi connectivity index (χ1v) is 7.46. The Labute approximate surface area is 130 Å². The van der Waals surface area contributed by atoms with Gasteiger partial charge >= 0.3 is 0 Å². The Hall–Kier alpha value is -2.07. The van der Waals surface area contributed by atoms with Crippen molar-refractivity contribution < 1.29 is 13.9 Å². The van der Waals surface area contributed by atoms with Crippen LogP contribution in [0.2, 0.25) is 0 Å². The molecule has 2 N–H and O–H groups in total. The van der Waals surface area contributed by atoms with Crippen LogP contribution in [0.5, 0.6) is 11.5 Å². The summed E-state index contributed by atoms with van der Waals surface area (Å²) in [6.07, 6.45) is 1.79. The van der Waals surface area contributed by atoms with Crippen molar-refractivity contribution >= 4 is 0 Å². The number of hydrogen-bond acceptors (Lipinski definition) is 3. The number of rotatable bonds is 8. The molecule has 0 saturated heterocycles. The molecule has 0 aliphatic carbocycles. The summed E-state index contributed by atoms with van der Waals surface area (Å²) in [6.45, 7) is 1.15. The van der Waals surface area contributed by atoms with E-state index in [9.17, 15) is 4.39 Å². The van der Waals surface area contributed by atoms with Gasteiger partial charge in [-0.1, -0.05) is 18.2 Å². The highest BCUT2D eigenvalue weighted by Gasteiger charge is 2.14. The largest absolute Gasteiger partial charge is 0.496 e. The second kappa shape index (κ2) is 8.39. The summed E-state index contributed by atoms with van der Waals surface area (Å²) in [6, 6.07) is 14.0. The van der Waals surface area contributed by atoms with Crippen molar-refractivity contribution in [2.75, 3.05) is 20.3 Å². The van der Waals surface area contributed by atoms with Crippen LogP contribution in [-0.2, 0) is 0 Å². The lowest BCUT2D eigenvalue weighted by atomic mass is 9.93. The molecular weight excluding hydrogens is 281 g/mol. The zero-order chi connectivity index (χ0) is 15.8. The van der Waals surface area contributed by atoms with Crippen LogP contribution >= 0.6 is 0 Å². The van der Waals surface area contributed by atoms with Gasteiger partial charge in [0.2, 0.25) is 0 Å². The predicted octanol–water partition coefficient (Wildman–Crippen LogP) is 3.74. The fourth-order valence-corrected chi connectivity index (χ4v) is 2.45. The Morgan fingerprint density at radius 2 is 1.82 bits per heavy atom. The van der Waals surface area contributed by atoms with Gasteiger partial charge in [-0.2, -0.15) is 0 Å². The first kappa shape index (κ1) is 16.3. The van der Waals surface area contributed by atoms with E-state index in [-0.39, 0.29) is 11.7 Å². The molecule has 1 unspecified atom stereocenters. The number of hydrogen-bond donors (Lipinski definition) is 1. The maximum absolute atomic E-state index is 12.8. The Morgan fingerprint density at radius 3 is 2.50 bits per heavy atom. The van der Waals surface area contributed by atoms with E-state index in [0.717, 1.165) is 24.2 Å². The third kappa shape index (κ3) is 4.46. The lowest BCUT2D eigenvalue weighted by Gasteiger charge is -2.18. The van der Waals surface area contributed by atoms with Crippen LogP contribution < -0.4 is 15.2 Å². The van der Waals surface area contributed by atoms with E-state index in [1.165, 1.54) is 12.1 Å². The Morgan fingerprint density at radius 1 is 1.09 bits per heavy atom. The van der Waals surface area contributed by atoms with Crippen LogP contribution in [0.4, 0.5) is 4.39 Å². The molecule has 1 atom stereocenters. The number of nitrogens with two attached hydrogens (primary N) is 1. The lowest BCUT2D eigenvalue weighted by Crippen LogP contribution is -2.14. The van der Waals surface area contributed by atoms with Gasteiger partial charge in [0.05, 0.1) is 13.7 Å². The second-order valence-corrected chi connectivity index (χ2v) is 5.12. The van der Waals surface area contributed by atoms with Crippen LogP contribution in [0.3, 0.4) is 0 Å². The van der Waals surface area contributed by atoms with Crippen molar-refractivity contribution in [1.82, 2.24) is 0 Å². The third-order valence-corrected chi connectivity index (χ3v) is 3.64. The van der Waals surface area contributed by atoms with E-state index < -0.39 is 0 Å². The molecule has 0 amide bonds. The zero-order valence-electron chi connectivity index (χ0n) is 12.8. The molecule has 2 rings (SSSR count). The fraction of sp³-hybridized carbons (Fsp3) is 0.333. The molecule has 118 valence electrons. The lowest BCUT2D eigenvalue weighted by molar-refractivity contribution is 0.300. The van der Waals surface area contributed by atoms with Gasteiger partial charge in [-0.25, -0.2) is 4.39 Å². The van der Waals surface area contributed by atoms with E-state index >= 15 is 0 Å². The molecule has 0 radical (unpaired) electrons. The Balaban J connectivity index is 1.85. The van der Waals surface area contributed by atoms with Crippen LogP contribution in [-0.4, -0.2) is 20.3 Å². The SMILES string of the molecule is COc1ccccc1C(CN)CCCOc1ccc(F)cc1. The molecular formula is C18H22FNO2. The van der Waals surface area contributed by atoms with Crippen LogP contribution in [0, 0.1) is 5.82 Å². The van der Waals surface area contributed by atoms with Crippen LogP contribution in [0.15, 0.2) is 48.5 Å². The van der Waals surface area contributed by atoms with Crippen molar-refractivity contribution in [3.63, 3.8) is 0 Å². The monoisotopic (exact) mass is 303 g/mol. The summed E-state index contributed by atoms with van der Waals surface area (Å²) in [5, 5.41) is 0. The Kier molecular flexibility index (Phi) is 6.22. The molecule has 0 aromatic heterocycles. The van der Waals surface area contributed by atoms with Crippen LogP contribution in [0.25, 0.3) is 0 Å². The van der Waals surface area contributed by atoms with Crippen molar-refractivity contribution in [3.05, 3.63) is 59.9 Å². The van der Waals surface area contributed by atoms with E-state index in [2.05, 4.69) is 6.07 Å². The number of methoxy groups -OCH3 is 1. The molecule has 0 bridgehead atoms. The topological polar surface area (TPSA) is 44.5 Å². The van der Waals surface area contributed by atoms with Gasteiger partial charge in [0.25, 0.3) is 0 Å². The third-order valence-electron chi connectivity index (χ3n) is 3.64. The summed E-state index contributed by atoms with van der Waals surface area (Å²) < 4.78 is 23.8. The fourth-order valence-electron chi connectivity index (χ4n) is 2.45. The minimum Gasteiger partial charge on any atom is -0.496 e. The van der Waals surface area contributed by atoms with Gasteiger partial charge in [-0.15, -0.1) is 0 Å². The molecule has 0 aliphatic heterocycles. The van der Waals surface area contributed by atoms with E-state index in [1.807, 2.05) is 18.2 Å². The highest BCUT2D eigenvalue weighted by atomic mass is 19.1. The number of ether oxygens (including phenoxy) is 2. The first-order chi connectivity index (χ1) is 10.7. The number of halogens is 1. The molecule has 0 saturated carbocycles. The summed E-state index contributed by atoms with van der Waals surface area (Å²) in [4.78, 5) is 0. The maximum atomic E-state index is 12.8. The molecule has 0 aliphatic rings. The van der Waals surface area contributed by atoms with E-state index in [1.54, 1.807) is 19.2 Å². The molecule has 0 spiro atoms. The van der Waals surface area contributed by atoms with Gasteiger partial charge in [0, 0.05) is 0 Å². The highest BCUT2D eigenvalue weighted by molar-refractivity contribution is 5.36. The summed E-state index contributed by atoms with van der Waals surface area (Å²) in [5.41, 5.74) is 7.03. The zero-order valence-corrected chi connectivity index (χ0v) is 12.8. The molecule has 0 fully saturated rings. The maximum Gasteiger partial charge on any atom is 0.123 e. The van der Waals surface area contributed by atoms with Gasteiger partial charge in [-0.3, -0.25) is 0 Å². The average Bonchev–Trinajstić information content (AvgIpc) is 2.57. The van der Waals surface area contributed by atoms with Gasteiger partial charge in [0.15, 0.2) is 0 Å². The van der Waals surface area contributed by atoms with E-state index in [4.69, 9.17) is 15.2 Å². The summed E-state index contributed by atoms with van der Waals surface area (Å²) in [5.74, 6) is 1.54. The van der Waals surface area contributed by atoms with Crippen molar-refractivity contribution in [1.29, 1.82) is 0 Å². The molecule has 0 heterocycles. The van der Waals surface area contributed by atoms with Crippen LogP contribution in [0.1, 0.15) is 24.3 Å². The number of para-hydroxylation sites is 1. The standard InChI is InChI=1S/C18H22FNO2/c1-21-18-7-3-2-6-17(18)14(13-20)5-4-12-22-16-10-8-15(19)9-11-16/h2-3,6-11,14H,4-5,12-13,20H2,1H3. The quantitative estimate of drug-likeness (QED) is 0.756. The minimum absolute atomic E-state index is 0.243. The summed E-state index contributed by atoms with van der Waals surface area (Å²) >= 11 is 0. The van der Waals surface area contributed by atoms with Crippen molar-refractivity contribution in [3.8, 4) is 11.5 Å². The summed E-state index contributed by atoms with van der Waals surface area (Å²) in [7, 11) is 1.67. The van der Waals surface area contributed by atoms with Gasteiger partial charge in [-0.05, 0) is 61.2 Å². The molecule has 2 aromatic rings. The molecule has 22 heavy (non-hydrogen) atoms.